The summed E-state index contributed by atoms with van der Waals surface area (Å²) in [5.74, 6) is 0.880. The molecule has 7 nitrogen and oxygen atoms in total. The van der Waals surface area contributed by atoms with E-state index in [0.29, 0.717) is 6.04 Å². The van der Waals surface area contributed by atoms with Crippen LogP contribution in [0, 0.1) is 6.92 Å². The predicted molar refractivity (Wildman–Crippen MR) is 78.1 cm³/mol. The molecule has 114 valence electrons. The van der Waals surface area contributed by atoms with Crippen LogP contribution in [0.4, 0.5) is 0 Å². The first-order valence-corrected chi connectivity index (χ1v) is 7.34. The number of ether oxygens (including phenoxy) is 1. The molecule has 1 aliphatic rings. The number of likely N-dealkylation sites (tertiary alicyclic amines) is 1. The Bertz CT molecular complexity index is 591. The SMILES string of the molecule is COc1c([C@H]2CCCN2CCn2cncn2)c(C)nn1C. The van der Waals surface area contributed by atoms with Crippen LogP contribution < -0.4 is 4.74 Å². The van der Waals surface area contributed by atoms with Crippen molar-refractivity contribution in [2.45, 2.75) is 32.4 Å². The maximum absolute atomic E-state index is 5.55. The summed E-state index contributed by atoms with van der Waals surface area (Å²) < 4.78 is 9.26. The van der Waals surface area contributed by atoms with Gasteiger partial charge < -0.3 is 4.74 Å². The molecule has 0 aromatic carbocycles. The number of aryl methyl sites for hydroxylation is 2. The van der Waals surface area contributed by atoms with Crippen LogP contribution in [0.3, 0.4) is 0 Å². The Morgan fingerprint density at radius 1 is 1.38 bits per heavy atom. The molecule has 7 heteroatoms. The minimum atomic E-state index is 0.386. The normalized spacial score (nSPS) is 19.3. The largest absolute Gasteiger partial charge is 0.481 e. The van der Waals surface area contributed by atoms with E-state index >= 15 is 0 Å². The molecular formula is C14H22N6O. The van der Waals surface area contributed by atoms with Crippen LogP contribution in [0.2, 0.25) is 0 Å². The van der Waals surface area contributed by atoms with Crippen molar-refractivity contribution in [3.8, 4) is 5.88 Å². The molecule has 2 aromatic rings. The molecule has 3 rings (SSSR count). The molecule has 0 bridgehead atoms. The van der Waals surface area contributed by atoms with Gasteiger partial charge in [0.15, 0.2) is 0 Å². The number of hydrogen-bond donors (Lipinski definition) is 0. The second-order valence-corrected chi connectivity index (χ2v) is 5.48. The summed E-state index contributed by atoms with van der Waals surface area (Å²) in [6.45, 7) is 4.99. The Hall–Kier alpha value is -1.89. The summed E-state index contributed by atoms with van der Waals surface area (Å²) in [5.41, 5.74) is 2.29. The molecule has 3 heterocycles. The van der Waals surface area contributed by atoms with E-state index in [0.717, 1.165) is 37.6 Å². The van der Waals surface area contributed by atoms with Gasteiger partial charge >= 0.3 is 0 Å². The second-order valence-electron chi connectivity index (χ2n) is 5.48. The molecule has 1 atom stereocenters. The molecule has 0 aliphatic carbocycles. The number of nitrogens with zero attached hydrogens (tertiary/aromatic N) is 6. The maximum Gasteiger partial charge on any atom is 0.216 e. The Balaban J connectivity index is 1.77. The molecule has 0 radical (unpaired) electrons. The smallest absolute Gasteiger partial charge is 0.216 e. The lowest BCUT2D eigenvalue weighted by Crippen LogP contribution is -2.28. The van der Waals surface area contributed by atoms with E-state index in [1.807, 2.05) is 16.4 Å². The summed E-state index contributed by atoms with van der Waals surface area (Å²) in [6.07, 6.45) is 5.70. The van der Waals surface area contributed by atoms with Gasteiger partial charge in [-0.3, -0.25) is 9.58 Å². The third-order valence-corrected chi connectivity index (χ3v) is 4.19. The molecule has 21 heavy (non-hydrogen) atoms. The van der Waals surface area contributed by atoms with E-state index in [4.69, 9.17) is 4.74 Å². The van der Waals surface area contributed by atoms with Crippen LogP contribution in [0.15, 0.2) is 12.7 Å². The van der Waals surface area contributed by atoms with Crippen molar-refractivity contribution in [2.75, 3.05) is 20.2 Å². The lowest BCUT2D eigenvalue weighted by atomic mass is 10.1. The minimum Gasteiger partial charge on any atom is -0.481 e. The van der Waals surface area contributed by atoms with Crippen molar-refractivity contribution < 1.29 is 4.74 Å². The highest BCUT2D eigenvalue weighted by molar-refractivity contribution is 5.34. The highest BCUT2D eigenvalue weighted by Crippen LogP contribution is 2.38. The zero-order chi connectivity index (χ0) is 14.8. The van der Waals surface area contributed by atoms with Crippen LogP contribution in [0.5, 0.6) is 5.88 Å². The zero-order valence-electron chi connectivity index (χ0n) is 12.9. The fourth-order valence-electron chi connectivity index (χ4n) is 3.28. The molecule has 1 saturated heterocycles. The Kier molecular flexibility index (Phi) is 3.92. The third-order valence-electron chi connectivity index (χ3n) is 4.19. The fraction of sp³-hybridized carbons (Fsp3) is 0.643. The van der Waals surface area contributed by atoms with Gasteiger partial charge in [-0.2, -0.15) is 10.2 Å². The highest BCUT2D eigenvalue weighted by atomic mass is 16.5. The van der Waals surface area contributed by atoms with Crippen LogP contribution >= 0.6 is 0 Å². The third kappa shape index (κ3) is 2.65. The Labute approximate surface area is 124 Å². The quantitative estimate of drug-likeness (QED) is 0.827. The molecule has 0 saturated carbocycles. The van der Waals surface area contributed by atoms with Gasteiger partial charge in [0.05, 0.1) is 24.9 Å². The summed E-state index contributed by atoms with van der Waals surface area (Å²) in [5, 5.41) is 8.68. The van der Waals surface area contributed by atoms with Gasteiger partial charge in [0.1, 0.15) is 12.7 Å². The van der Waals surface area contributed by atoms with E-state index < -0.39 is 0 Å². The molecule has 1 aliphatic heterocycles. The maximum atomic E-state index is 5.55. The zero-order valence-corrected chi connectivity index (χ0v) is 12.9. The van der Waals surface area contributed by atoms with Crippen LogP contribution in [-0.2, 0) is 13.6 Å². The van der Waals surface area contributed by atoms with E-state index in [2.05, 4.69) is 27.0 Å². The summed E-state index contributed by atoms with van der Waals surface area (Å²) in [6, 6.07) is 0.386. The van der Waals surface area contributed by atoms with Crippen molar-refractivity contribution in [1.29, 1.82) is 0 Å². The van der Waals surface area contributed by atoms with Gasteiger partial charge in [-0.15, -0.1) is 0 Å². The topological polar surface area (TPSA) is 61.0 Å². The monoisotopic (exact) mass is 290 g/mol. The summed E-state index contributed by atoms with van der Waals surface area (Å²) >= 11 is 0. The van der Waals surface area contributed by atoms with Gasteiger partial charge in [-0.25, -0.2) is 9.67 Å². The first kappa shape index (κ1) is 14.1. The standard InChI is InChI=1S/C14H22N6O/c1-11-13(14(21-3)18(2)17-11)12-5-4-6-19(12)7-8-20-10-15-9-16-20/h9-10,12H,4-8H2,1-3H3/t12-/m1/s1. The first-order valence-electron chi connectivity index (χ1n) is 7.34. The number of methoxy groups -OCH3 is 1. The lowest BCUT2D eigenvalue weighted by Gasteiger charge is -2.24. The number of hydrogen-bond acceptors (Lipinski definition) is 5. The van der Waals surface area contributed by atoms with Crippen LogP contribution in [-0.4, -0.2) is 49.6 Å². The predicted octanol–water partition coefficient (Wildman–Crippen LogP) is 1.17. The van der Waals surface area contributed by atoms with E-state index in [1.54, 1.807) is 19.8 Å². The van der Waals surface area contributed by atoms with Gasteiger partial charge in [-0.1, -0.05) is 0 Å². The Morgan fingerprint density at radius 3 is 2.95 bits per heavy atom. The average Bonchev–Trinajstić information content (AvgIpc) is 3.16. The van der Waals surface area contributed by atoms with Crippen molar-refractivity contribution in [3.63, 3.8) is 0 Å². The average molecular weight is 290 g/mol. The van der Waals surface area contributed by atoms with Crippen LogP contribution in [0.25, 0.3) is 0 Å². The van der Waals surface area contributed by atoms with E-state index in [9.17, 15) is 0 Å². The number of aromatic nitrogens is 5. The summed E-state index contributed by atoms with van der Waals surface area (Å²) in [4.78, 5) is 6.48. The van der Waals surface area contributed by atoms with Crippen molar-refractivity contribution in [2.24, 2.45) is 7.05 Å². The molecular weight excluding hydrogens is 268 g/mol. The van der Waals surface area contributed by atoms with E-state index in [-0.39, 0.29) is 0 Å². The molecule has 2 aromatic heterocycles. The van der Waals surface area contributed by atoms with Gasteiger partial charge in [0, 0.05) is 19.6 Å². The first-order chi connectivity index (χ1) is 10.2. The molecule has 0 unspecified atom stereocenters. The molecule has 0 spiro atoms. The van der Waals surface area contributed by atoms with Gasteiger partial charge in [0.2, 0.25) is 5.88 Å². The molecule has 1 fully saturated rings. The fourth-order valence-corrected chi connectivity index (χ4v) is 3.28. The molecule has 0 N–H and O–H groups in total. The van der Waals surface area contributed by atoms with Crippen molar-refractivity contribution >= 4 is 0 Å². The Morgan fingerprint density at radius 2 is 2.24 bits per heavy atom. The number of rotatable bonds is 5. The van der Waals surface area contributed by atoms with E-state index in [1.165, 1.54) is 12.0 Å². The van der Waals surface area contributed by atoms with Gasteiger partial charge in [0.25, 0.3) is 0 Å². The van der Waals surface area contributed by atoms with Gasteiger partial charge in [-0.05, 0) is 26.3 Å². The second kappa shape index (κ2) is 5.85. The van der Waals surface area contributed by atoms with Crippen molar-refractivity contribution in [3.05, 3.63) is 23.9 Å². The summed E-state index contributed by atoms with van der Waals surface area (Å²) in [7, 11) is 3.65. The van der Waals surface area contributed by atoms with Crippen molar-refractivity contribution in [1.82, 2.24) is 29.4 Å². The van der Waals surface area contributed by atoms with Crippen LogP contribution in [0.1, 0.15) is 30.1 Å². The molecule has 0 amide bonds. The lowest BCUT2D eigenvalue weighted by molar-refractivity contribution is 0.236. The highest BCUT2D eigenvalue weighted by Gasteiger charge is 2.31. The minimum absolute atomic E-state index is 0.386.